The summed E-state index contributed by atoms with van der Waals surface area (Å²) >= 11 is 1.51. The second kappa shape index (κ2) is 9.03. The van der Waals surface area contributed by atoms with Gasteiger partial charge in [0, 0.05) is 18.3 Å². The van der Waals surface area contributed by atoms with Crippen molar-refractivity contribution in [3.63, 3.8) is 0 Å². The van der Waals surface area contributed by atoms with Crippen molar-refractivity contribution in [2.75, 3.05) is 23.3 Å². The lowest BCUT2D eigenvalue weighted by atomic mass is 10.0. The number of nitrogens with zero attached hydrogens (tertiary/aromatic N) is 4. The van der Waals surface area contributed by atoms with Crippen LogP contribution in [0.5, 0.6) is 0 Å². The average molecular weight is 387 g/mol. The summed E-state index contributed by atoms with van der Waals surface area (Å²) in [6, 6.07) is 8.28. The zero-order chi connectivity index (χ0) is 19.2. The maximum absolute atomic E-state index is 12.4. The van der Waals surface area contributed by atoms with Crippen LogP contribution in [0.2, 0.25) is 0 Å². The highest BCUT2D eigenvalue weighted by atomic mass is 32.2. The van der Waals surface area contributed by atoms with Gasteiger partial charge in [-0.25, -0.2) is 0 Å². The molecule has 2 aromatic rings. The molecule has 1 aliphatic rings. The highest BCUT2D eigenvalue weighted by molar-refractivity contribution is 7.99. The van der Waals surface area contributed by atoms with E-state index in [-0.39, 0.29) is 11.9 Å². The minimum absolute atomic E-state index is 0.172. The monoisotopic (exact) mass is 386 g/mol. The molecule has 0 bridgehead atoms. The lowest BCUT2D eigenvalue weighted by molar-refractivity contribution is -0.131. The first-order chi connectivity index (χ1) is 13.0. The van der Waals surface area contributed by atoms with Gasteiger partial charge in [-0.3, -0.25) is 4.79 Å². The molecule has 7 nitrogen and oxygen atoms in total. The predicted molar refractivity (Wildman–Crippen MR) is 110 cm³/mol. The number of hydrogen-bond donors (Lipinski definition) is 2. The molecule has 1 aromatic carbocycles. The molecular weight excluding hydrogens is 360 g/mol. The van der Waals surface area contributed by atoms with Crippen LogP contribution in [0.3, 0.4) is 0 Å². The number of carbonyl (C=O) groups excluding carboxylic acids is 1. The number of thioether (sulfide) groups is 1. The van der Waals surface area contributed by atoms with E-state index in [0.29, 0.717) is 29.3 Å². The molecule has 1 fully saturated rings. The van der Waals surface area contributed by atoms with Crippen LogP contribution in [-0.4, -0.2) is 44.1 Å². The summed E-state index contributed by atoms with van der Waals surface area (Å²) < 4.78 is 0. The standard InChI is InChI=1S/C19H26N6OS/c1-13-6-8-15(9-7-13)21-19-23-16(22-18(20)24-19)11-27-12-17(26)25-10-4-3-5-14(25)2/h6-9,14H,3-5,10-12H2,1-2H3,(H3,20,21,22,23,24)/t14-/m0/s1. The Morgan fingerprint density at radius 2 is 2.04 bits per heavy atom. The Morgan fingerprint density at radius 1 is 1.26 bits per heavy atom. The van der Waals surface area contributed by atoms with Crippen molar-refractivity contribution in [2.45, 2.75) is 44.9 Å². The summed E-state index contributed by atoms with van der Waals surface area (Å²) in [6.45, 7) is 5.02. The third-order valence-corrected chi connectivity index (χ3v) is 5.50. The number of benzene rings is 1. The molecule has 27 heavy (non-hydrogen) atoms. The van der Waals surface area contributed by atoms with E-state index >= 15 is 0 Å². The van der Waals surface area contributed by atoms with Crippen LogP contribution in [0.1, 0.15) is 37.6 Å². The van der Waals surface area contributed by atoms with Gasteiger partial charge >= 0.3 is 0 Å². The minimum atomic E-state index is 0.172. The van der Waals surface area contributed by atoms with E-state index in [1.165, 1.54) is 23.7 Å². The number of carbonyl (C=O) groups is 1. The molecule has 2 heterocycles. The quantitative estimate of drug-likeness (QED) is 0.787. The largest absolute Gasteiger partial charge is 0.368 e. The fraction of sp³-hybridized carbons (Fsp3) is 0.474. The topological polar surface area (TPSA) is 97.0 Å². The fourth-order valence-corrected chi connectivity index (χ4v) is 3.86. The number of aryl methyl sites for hydroxylation is 1. The van der Waals surface area contributed by atoms with E-state index in [1.807, 2.05) is 36.1 Å². The third-order valence-electron chi connectivity index (χ3n) is 4.59. The molecule has 1 amide bonds. The number of hydrogen-bond acceptors (Lipinski definition) is 7. The lowest BCUT2D eigenvalue weighted by Gasteiger charge is -2.33. The van der Waals surface area contributed by atoms with Gasteiger partial charge in [-0.1, -0.05) is 17.7 Å². The SMILES string of the molecule is Cc1ccc(Nc2nc(N)nc(CSCC(=O)N3CCCC[C@@H]3C)n2)cc1. The summed E-state index contributed by atoms with van der Waals surface area (Å²) in [7, 11) is 0. The molecule has 0 spiro atoms. The van der Waals surface area contributed by atoms with Gasteiger partial charge in [0.25, 0.3) is 0 Å². The molecule has 1 aliphatic heterocycles. The number of rotatable bonds is 6. The smallest absolute Gasteiger partial charge is 0.232 e. The summed E-state index contributed by atoms with van der Waals surface area (Å²) in [6.07, 6.45) is 3.40. The van der Waals surface area contributed by atoms with Gasteiger partial charge in [0.15, 0.2) is 0 Å². The molecule has 0 unspecified atom stereocenters. The zero-order valence-corrected chi connectivity index (χ0v) is 16.6. The molecule has 144 valence electrons. The van der Waals surface area contributed by atoms with Crippen LogP contribution in [0.4, 0.5) is 17.6 Å². The summed E-state index contributed by atoms with van der Waals surface area (Å²) in [5, 5.41) is 3.14. The number of nitrogens with two attached hydrogens (primary N) is 1. The first-order valence-corrected chi connectivity index (χ1v) is 10.4. The van der Waals surface area contributed by atoms with Crippen molar-refractivity contribution in [2.24, 2.45) is 0 Å². The van der Waals surface area contributed by atoms with Crippen molar-refractivity contribution in [1.29, 1.82) is 0 Å². The second-order valence-corrected chi connectivity index (χ2v) is 7.83. The van der Waals surface area contributed by atoms with Crippen LogP contribution in [0.15, 0.2) is 24.3 Å². The van der Waals surface area contributed by atoms with Crippen molar-refractivity contribution in [3.05, 3.63) is 35.7 Å². The number of anilines is 3. The normalized spacial score (nSPS) is 17.0. The third kappa shape index (κ3) is 5.56. The van der Waals surface area contributed by atoms with Gasteiger partial charge in [0.1, 0.15) is 5.82 Å². The Kier molecular flexibility index (Phi) is 6.49. The Labute approximate surface area is 164 Å². The molecule has 1 atom stereocenters. The molecule has 0 aliphatic carbocycles. The molecule has 1 saturated heterocycles. The van der Waals surface area contributed by atoms with Crippen LogP contribution in [-0.2, 0) is 10.5 Å². The number of amides is 1. The fourth-order valence-electron chi connectivity index (χ4n) is 3.11. The Morgan fingerprint density at radius 3 is 2.78 bits per heavy atom. The van der Waals surface area contributed by atoms with Crippen molar-refractivity contribution >= 4 is 35.3 Å². The van der Waals surface area contributed by atoms with Gasteiger partial charge in [-0.2, -0.15) is 15.0 Å². The molecular formula is C19H26N6OS. The van der Waals surface area contributed by atoms with E-state index in [9.17, 15) is 4.79 Å². The molecule has 3 N–H and O–H groups in total. The maximum atomic E-state index is 12.4. The first-order valence-electron chi connectivity index (χ1n) is 9.22. The maximum Gasteiger partial charge on any atom is 0.232 e. The summed E-state index contributed by atoms with van der Waals surface area (Å²) in [5.41, 5.74) is 7.89. The predicted octanol–water partition coefficient (Wildman–Crippen LogP) is 3.14. The lowest BCUT2D eigenvalue weighted by Crippen LogP contribution is -2.42. The summed E-state index contributed by atoms with van der Waals surface area (Å²) in [5.74, 6) is 2.29. The Balaban J connectivity index is 1.56. The molecule has 1 aromatic heterocycles. The average Bonchev–Trinajstić information content (AvgIpc) is 2.63. The Hall–Kier alpha value is -2.35. The van der Waals surface area contributed by atoms with Crippen LogP contribution in [0, 0.1) is 6.92 Å². The first kappa shape index (κ1) is 19.4. The number of piperidine rings is 1. The highest BCUT2D eigenvalue weighted by Gasteiger charge is 2.22. The number of aromatic nitrogens is 3. The minimum Gasteiger partial charge on any atom is -0.368 e. The Bertz CT molecular complexity index is 782. The van der Waals surface area contributed by atoms with Crippen molar-refractivity contribution in [1.82, 2.24) is 19.9 Å². The molecule has 0 saturated carbocycles. The molecule has 3 rings (SSSR count). The van der Waals surface area contributed by atoms with Gasteiger partial charge < -0.3 is 16.0 Å². The highest BCUT2D eigenvalue weighted by Crippen LogP contribution is 2.20. The van der Waals surface area contributed by atoms with Crippen LogP contribution in [0.25, 0.3) is 0 Å². The molecule has 0 radical (unpaired) electrons. The zero-order valence-electron chi connectivity index (χ0n) is 15.8. The van der Waals surface area contributed by atoms with Crippen LogP contribution < -0.4 is 11.1 Å². The van der Waals surface area contributed by atoms with Gasteiger partial charge in [0.2, 0.25) is 17.8 Å². The van der Waals surface area contributed by atoms with E-state index in [4.69, 9.17) is 5.73 Å². The number of nitrogens with one attached hydrogen (secondary N) is 1. The van der Waals surface area contributed by atoms with E-state index in [0.717, 1.165) is 25.1 Å². The van der Waals surface area contributed by atoms with Crippen molar-refractivity contribution in [3.8, 4) is 0 Å². The number of nitrogen functional groups attached to an aromatic ring is 1. The van der Waals surface area contributed by atoms with Gasteiger partial charge in [-0.05, 0) is 45.2 Å². The van der Waals surface area contributed by atoms with Gasteiger partial charge in [-0.15, -0.1) is 11.8 Å². The second-order valence-electron chi connectivity index (χ2n) is 6.85. The molecule has 8 heteroatoms. The van der Waals surface area contributed by atoms with Gasteiger partial charge in [0.05, 0.1) is 11.5 Å². The van der Waals surface area contributed by atoms with Crippen molar-refractivity contribution < 1.29 is 4.79 Å². The number of likely N-dealkylation sites (tertiary alicyclic amines) is 1. The van der Waals surface area contributed by atoms with Crippen LogP contribution >= 0.6 is 11.8 Å². The van der Waals surface area contributed by atoms with E-state index in [1.54, 1.807) is 0 Å². The van der Waals surface area contributed by atoms with E-state index < -0.39 is 0 Å². The summed E-state index contributed by atoms with van der Waals surface area (Å²) in [4.78, 5) is 27.1. The van der Waals surface area contributed by atoms with E-state index in [2.05, 4.69) is 27.2 Å².